The second kappa shape index (κ2) is 8.67. The van der Waals surface area contributed by atoms with Crippen molar-refractivity contribution in [2.75, 3.05) is 4.90 Å². The maximum Gasteiger partial charge on any atom is 0.416 e. The van der Waals surface area contributed by atoms with E-state index < -0.39 is 59.9 Å². The summed E-state index contributed by atoms with van der Waals surface area (Å²) in [7, 11) is 0. The first-order chi connectivity index (χ1) is 15.5. The summed E-state index contributed by atoms with van der Waals surface area (Å²) in [5.41, 5.74) is -4.64. The van der Waals surface area contributed by atoms with E-state index in [-0.39, 0.29) is 29.3 Å². The van der Waals surface area contributed by atoms with Crippen LogP contribution < -0.4 is 10.2 Å². The normalized spacial score (nSPS) is 19.2. The third-order valence-electron chi connectivity index (χ3n) is 5.41. The number of anilines is 1. The standard InChI is InChI=1S/C21H17F9N2O2/c1-10-4-16(15-8-12(19(22,23)24)2-3-17(15)32(10)18(33)34)31-9-11-5-13(20(25,26)27)7-14(6-11)21(28,29)30/h2-3,5-8,10,16,31H,4,9H2,1H3,(H,33,34). The van der Waals surface area contributed by atoms with E-state index in [9.17, 15) is 49.4 Å². The predicted molar refractivity (Wildman–Crippen MR) is 102 cm³/mol. The number of rotatable bonds is 3. The van der Waals surface area contributed by atoms with Gasteiger partial charge in [-0.2, -0.15) is 39.5 Å². The van der Waals surface area contributed by atoms with Gasteiger partial charge in [0, 0.05) is 18.6 Å². The van der Waals surface area contributed by atoms with Gasteiger partial charge in [0.1, 0.15) is 0 Å². The maximum absolute atomic E-state index is 13.2. The molecule has 0 radical (unpaired) electrons. The van der Waals surface area contributed by atoms with Gasteiger partial charge in [0.25, 0.3) is 0 Å². The van der Waals surface area contributed by atoms with Crippen LogP contribution >= 0.6 is 0 Å². The SMILES string of the molecule is CC1CC(NCc2cc(C(F)(F)F)cc(C(F)(F)F)c2)c2cc(C(F)(F)F)ccc2N1C(=O)O. The highest BCUT2D eigenvalue weighted by Gasteiger charge is 2.39. The number of nitrogens with one attached hydrogen (secondary N) is 1. The average Bonchev–Trinajstić information content (AvgIpc) is 2.69. The number of amides is 1. The number of halogens is 9. The van der Waals surface area contributed by atoms with Gasteiger partial charge in [-0.05, 0) is 60.9 Å². The monoisotopic (exact) mass is 500 g/mol. The second-order valence-electron chi connectivity index (χ2n) is 7.86. The molecule has 4 nitrogen and oxygen atoms in total. The van der Waals surface area contributed by atoms with Crippen molar-refractivity contribution >= 4 is 11.8 Å². The maximum atomic E-state index is 13.2. The van der Waals surface area contributed by atoms with Crippen LogP contribution in [0, 0.1) is 0 Å². The van der Waals surface area contributed by atoms with E-state index in [2.05, 4.69) is 5.32 Å². The highest BCUT2D eigenvalue weighted by Crippen LogP contribution is 2.41. The lowest BCUT2D eigenvalue weighted by Gasteiger charge is -2.38. The molecule has 2 aromatic rings. The van der Waals surface area contributed by atoms with Gasteiger partial charge in [0.2, 0.25) is 0 Å². The van der Waals surface area contributed by atoms with E-state index in [4.69, 9.17) is 0 Å². The minimum atomic E-state index is -5.05. The first-order valence-electron chi connectivity index (χ1n) is 9.73. The Kier molecular flexibility index (Phi) is 6.55. The van der Waals surface area contributed by atoms with Crippen LogP contribution in [0.4, 0.5) is 50.0 Å². The lowest BCUT2D eigenvalue weighted by Crippen LogP contribution is -2.45. The Balaban J connectivity index is 1.99. The molecule has 0 saturated carbocycles. The van der Waals surface area contributed by atoms with Gasteiger partial charge in [0.05, 0.1) is 22.4 Å². The highest BCUT2D eigenvalue weighted by atomic mass is 19.4. The first kappa shape index (κ1) is 25.7. The van der Waals surface area contributed by atoms with Gasteiger partial charge in [-0.1, -0.05) is 0 Å². The lowest BCUT2D eigenvalue weighted by molar-refractivity contribution is -0.143. The summed E-state index contributed by atoms with van der Waals surface area (Å²) < 4.78 is 118. The number of fused-ring (bicyclic) bond motifs is 1. The Hall–Kier alpha value is -2.96. The number of nitrogens with zero attached hydrogens (tertiary/aromatic N) is 1. The molecule has 2 unspecified atom stereocenters. The molecule has 1 amide bonds. The summed E-state index contributed by atoms with van der Waals surface area (Å²) in [5.74, 6) is 0. The van der Waals surface area contributed by atoms with Crippen molar-refractivity contribution in [1.29, 1.82) is 0 Å². The van der Waals surface area contributed by atoms with E-state index in [1.54, 1.807) is 0 Å². The predicted octanol–water partition coefficient (Wildman–Crippen LogP) is 6.85. The van der Waals surface area contributed by atoms with E-state index in [1.165, 1.54) is 6.92 Å². The van der Waals surface area contributed by atoms with Crippen molar-refractivity contribution in [3.05, 3.63) is 64.2 Å². The molecular weight excluding hydrogens is 483 g/mol. The summed E-state index contributed by atoms with van der Waals surface area (Å²) in [5, 5.41) is 12.2. The molecule has 1 heterocycles. The summed E-state index contributed by atoms with van der Waals surface area (Å²) in [4.78, 5) is 12.5. The lowest BCUT2D eigenvalue weighted by atomic mass is 9.90. The topological polar surface area (TPSA) is 52.6 Å². The number of alkyl halides is 9. The van der Waals surface area contributed by atoms with Crippen LogP contribution in [0.5, 0.6) is 0 Å². The van der Waals surface area contributed by atoms with Gasteiger partial charge >= 0.3 is 24.6 Å². The largest absolute Gasteiger partial charge is 0.465 e. The molecule has 0 fully saturated rings. The molecule has 0 aromatic heterocycles. The van der Waals surface area contributed by atoms with Gasteiger partial charge < -0.3 is 10.4 Å². The summed E-state index contributed by atoms with van der Waals surface area (Å²) >= 11 is 0. The fourth-order valence-corrected chi connectivity index (χ4v) is 3.89. The van der Waals surface area contributed by atoms with Crippen LogP contribution in [0.1, 0.15) is 47.2 Å². The molecule has 2 atom stereocenters. The molecule has 0 spiro atoms. The molecule has 0 aliphatic carbocycles. The molecule has 13 heteroatoms. The van der Waals surface area contributed by atoms with Crippen molar-refractivity contribution in [2.24, 2.45) is 0 Å². The zero-order valence-electron chi connectivity index (χ0n) is 17.2. The average molecular weight is 500 g/mol. The molecule has 1 aliphatic heterocycles. The van der Waals surface area contributed by atoms with Crippen molar-refractivity contribution in [3.63, 3.8) is 0 Å². The van der Waals surface area contributed by atoms with Gasteiger partial charge in [-0.3, -0.25) is 4.90 Å². The summed E-state index contributed by atoms with van der Waals surface area (Å²) in [6.45, 7) is 0.947. The highest BCUT2D eigenvalue weighted by molar-refractivity contribution is 5.88. The number of benzene rings is 2. The minimum absolute atomic E-state index is 0.0260. The minimum Gasteiger partial charge on any atom is -0.465 e. The van der Waals surface area contributed by atoms with Crippen LogP contribution in [0.25, 0.3) is 0 Å². The van der Waals surface area contributed by atoms with E-state index in [1.807, 2.05) is 0 Å². The molecule has 3 rings (SSSR count). The van der Waals surface area contributed by atoms with Gasteiger partial charge in [-0.15, -0.1) is 0 Å². The Bertz CT molecular complexity index is 1050. The van der Waals surface area contributed by atoms with Crippen molar-refractivity contribution < 1.29 is 49.4 Å². The zero-order valence-corrected chi connectivity index (χ0v) is 17.2. The van der Waals surface area contributed by atoms with Crippen LogP contribution in [0.3, 0.4) is 0 Å². The van der Waals surface area contributed by atoms with Crippen LogP contribution in [0.15, 0.2) is 36.4 Å². The Morgan fingerprint density at radius 2 is 1.44 bits per heavy atom. The molecule has 34 heavy (non-hydrogen) atoms. The molecule has 2 N–H and O–H groups in total. The summed E-state index contributed by atoms with van der Waals surface area (Å²) in [6.07, 6.45) is -16.3. The molecule has 2 aromatic carbocycles. The molecule has 1 aliphatic rings. The van der Waals surface area contributed by atoms with Crippen molar-refractivity contribution in [1.82, 2.24) is 5.32 Å². The van der Waals surface area contributed by atoms with E-state index in [0.717, 1.165) is 17.0 Å². The fraction of sp³-hybridized carbons (Fsp3) is 0.381. The number of hydrogen-bond acceptors (Lipinski definition) is 2. The number of hydrogen-bond donors (Lipinski definition) is 2. The smallest absolute Gasteiger partial charge is 0.416 e. The third-order valence-corrected chi connectivity index (χ3v) is 5.41. The van der Waals surface area contributed by atoms with Crippen LogP contribution in [-0.4, -0.2) is 17.2 Å². The molecule has 0 bridgehead atoms. The summed E-state index contributed by atoms with van der Waals surface area (Å²) in [6, 6.07) is 1.72. The second-order valence-corrected chi connectivity index (χ2v) is 7.86. The Labute approximate surface area is 187 Å². The van der Waals surface area contributed by atoms with Crippen molar-refractivity contribution in [3.8, 4) is 0 Å². The van der Waals surface area contributed by atoms with Gasteiger partial charge in [0.15, 0.2) is 0 Å². The molecule has 186 valence electrons. The Morgan fingerprint density at radius 3 is 1.91 bits per heavy atom. The first-order valence-corrected chi connectivity index (χ1v) is 9.73. The van der Waals surface area contributed by atoms with E-state index >= 15 is 0 Å². The number of carbonyl (C=O) groups is 1. The Morgan fingerprint density at radius 1 is 0.912 bits per heavy atom. The van der Waals surface area contributed by atoms with Crippen LogP contribution in [-0.2, 0) is 25.1 Å². The quantitative estimate of drug-likeness (QED) is 0.454. The van der Waals surface area contributed by atoms with Crippen molar-refractivity contribution in [2.45, 2.75) is 50.5 Å². The van der Waals surface area contributed by atoms with Crippen LogP contribution in [0.2, 0.25) is 0 Å². The van der Waals surface area contributed by atoms with Gasteiger partial charge in [-0.25, -0.2) is 4.79 Å². The third kappa shape index (κ3) is 5.40. The number of carboxylic acid groups (broad SMARTS) is 1. The molecular formula is C21H17F9N2O2. The molecule has 0 saturated heterocycles. The fourth-order valence-electron chi connectivity index (χ4n) is 3.89. The van der Waals surface area contributed by atoms with E-state index in [0.29, 0.717) is 18.2 Å². The zero-order chi connectivity index (χ0) is 25.6.